The van der Waals surface area contributed by atoms with Gasteiger partial charge in [0.1, 0.15) is 0 Å². The maximum absolute atomic E-state index is 11.9. The van der Waals surface area contributed by atoms with Crippen LogP contribution in [-0.4, -0.2) is 59.8 Å². The molecule has 3 rings (SSSR count). The molecule has 1 aromatic heterocycles. The topological polar surface area (TPSA) is 69.3 Å². The summed E-state index contributed by atoms with van der Waals surface area (Å²) in [5, 5.41) is 6.75. The molecule has 0 aliphatic carbocycles. The summed E-state index contributed by atoms with van der Waals surface area (Å²) in [5.41, 5.74) is 1.39. The lowest BCUT2D eigenvalue weighted by Crippen LogP contribution is -2.57. The van der Waals surface area contributed by atoms with Gasteiger partial charge < -0.3 is 0 Å². The van der Waals surface area contributed by atoms with E-state index in [0.29, 0.717) is 13.1 Å². The smallest absolute Gasteiger partial charge is 0.213 e. The minimum atomic E-state index is -3.01. The number of aromatic nitrogens is 2. The van der Waals surface area contributed by atoms with Gasteiger partial charge >= 0.3 is 0 Å². The van der Waals surface area contributed by atoms with Crippen molar-refractivity contribution in [2.75, 3.05) is 31.9 Å². The summed E-state index contributed by atoms with van der Waals surface area (Å²) in [7, 11) is -3.01. The first-order chi connectivity index (χ1) is 9.03. The average Bonchev–Trinajstić information content (AvgIpc) is 2.97. The molecule has 2 saturated heterocycles. The van der Waals surface area contributed by atoms with Crippen LogP contribution in [-0.2, 0) is 16.6 Å². The molecule has 1 spiro atoms. The molecule has 2 aliphatic rings. The molecule has 0 atom stereocenters. The van der Waals surface area contributed by atoms with Gasteiger partial charge in [0.05, 0.1) is 11.9 Å². The zero-order valence-corrected chi connectivity index (χ0v) is 12.0. The predicted octanol–water partition coefficient (Wildman–Crippen LogP) is 0.267. The molecule has 6 nitrogen and oxygen atoms in total. The number of sulfonamides is 1. The van der Waals surface area contributed by atoms with Crippen LogP contribution < -0.4 is 0 Å². The van der Waals surface area contributed by atoms with E-state index in [-0.39, 0.29) is 11.2 Å². The van der Waals surface area contributed by atoms with Gasteiger partial charge in [-0.25, -0.2) is 12.7 Å². The van der Waals surface area contributed by atoms with Gasteiger partial charge in [-0.05, 0) is 13.3 Å². The Labute approximate surface area is 113 Å². The molecule has 2 fully saturated rings. The van der Waals surface area contributed by atoms with Gasteiger partial charge in [0.25, 0.3) is 0 Å². The van der Waals surface area contributed by atoms with Crippen molar-refractivity contribution in [2.45, 2.75) is 19.9 Å². The van der Waals surface area contributed by atoms with Gasteiger partial charge in [0.2, 0.25) is 10.0 Å². The first-order valence-corrected chi connectivity index (χ1v) is 8.32. The highest BCUT2D eigenvalue weighted by atomic mass is 32.2. The van der Waals surface area contributed by atoms with E-state index in [1.807, 2.05) is 12.4 Å². The molecule has 2 aliphatic heterocycles. The van der Waals surface area contributed by atoms with Gasteiger partial charge in [-0.15, -0.1) is 0 Å². The molecule has 0 radical (unpaired) electrons. The second kappa shape index (κ2) is 4.57. The van der Waals surface area contributed by atoms with Crippen LogP contribution in [0.2, 0.25) is 0 Å². The number of rotatable bonds is 4. The second-order valence-electron chi connectivity index (χ2n) is 5.74. The molecule has 3 heterocycles. The average molecular weight is 284 g/mol. The summed E-state index contributed by atoms with van der Waals surface area (Å²) in [6.07, 6.45) is 4.75. The molecule has 1 aromatic rings. The molecule has 0 bridgehead atoms. The fourth-order valence-corrected chi connectivity index (χ4v) is 4.41. The normalized spacial score (nSPS) is 23.8. The van der Waals surface area contributed by atoms with Gasteiger partial charge in [0, 0.05) is 49.9 Å². The minimum absolute atomic E-state index is 0.200. The largest absolute Gasteiger partial charge is 0.298 e. The highest BCUT2D eigenvalue weighted by Crippen LogP contribution is 2.40. The predicted molar refractivity (Wildman–Crippen MR) is 71.9 cm³/mol. The van der Waals surface area contributed by atoms with Gasteiger partial charge in [-0.1, -0.05) is 0 Å². The highest BCUT2D eigenvalue weighted by molar-refractivity contribution is 7.89. The lowest BCUT2D eigenvalue weighted by Gasteiger charge is -2.48. The summed E-state index contributed by atoms with van der Waals surface area (Å²) >= 11 is 0. The molecule has 106 valence electrons. The standard InChI is InChI=1S/C12H20N4O2S/c1-2-19(17,18)16-4-3-12(10-16)8-15(9-12)7-11-5-13-14-6-11/h5-6H,2-4,7-10H2,1H3,(H,13,14). The number of H-pyrrole nitrogens is 1. The quantitative estimate of drug-likeness (QED) is 0.861. The van der Waals surface area contributed by atoms with E-state index >= 15 is 0 Å². The van der Waals surface area contributed by atoms with E-state index < -0.39 is 10.0 Å². The molecule has 7 heteroatoms. The number of hydrogen-bond acceptors (Lipinski definition) is 4. The van der Waals surface area contributed by atoms with Crippen LogP contribution in [0, 0.1) is 5.41 Å². The second-order valence-corrected chi connectivity index (χ2v) is 7.99. The fourth-order valence-electron chi connectivity index (χ4n) is 3.21. The van der Waals surface area contributed by atoms with Crippen molar-refractivity contribution in [3.63, 3.8) is 0 Å². The molecule has 0 saturated carbocycles. The van der Waals surface area contributed by atoms with Crippen LogP contribution in [0.15, 0.2) is 12.4 Å². The summed E-state index contributed by atoms with van der Waals surface area (Å²) in [4.78, 5) is 2.35. The third-order valence-electron chi connectivity index (χ3n) is 4.24. The van der Waals surface area contributed by atoms with Crippen molar-refractivity contribution in [2.24, 2.45) is 5.41 Å². The first-order valence-electron chi connectivity index (χ1n) is 6.71. The Hall–Kier alpha value is -0.920. The van der Waals surface area contributed by atoms with E-state index in [2.05, 4.69) is 15.1 Å². The zero-order chi connectivity index (χ0) is 13.5. The minimum Gasteiger partial charge on any atom is -0.298 e. The third kappa shape index (κ3) is 2.42. The van der Waals surface area contributed by atoms with Gasteiger partial charge in [-0.3, -0.25) is 10.00 Å². The Morgan fingerprint density at radius 2 is 2.21 bits per heavy atom. The Morgan fingerprint density at radius 3 is 2.84 bits per heavy atom. The number of likely N-dealkylation sites (tertiary alicyclic amines) is 1. The van der Waals surface area contributed by atoms with Crippen molar-refractivity contribution >= 4 is 10.0 Å². The Bertz CT molecular complexity index is 534. The molecule has 0 unspecified atom stereocenters. The summed E-state index contributed by atoms with van der Waals surface area (Å²) in [6, 6.07) is 0. The van der Waals surface area contributed by atoms with Crippen molar-refractivity contribution in [3.8, 4) is 0 Å². The Kier molecular flexibility index (Phi) is 3.15. The number of aromatic amines is 1. The SMILES string of the molecule is CCS(=O)(=O)N1CCC2(CN(Cc3cn[nH]c3)C2)C1. The van der Waals surface area contributed by atoms with Crippen molar-refractivity contribution < 1.29 is 8.42 Å². The van der Waals surface area contributed by atoms with E-state index in [4.69, 9.17) is 0 Å². The summed E-state index contributed by atoms with van der Waals surface area (Å²) in [5.74, 6) is 0.210. The number of nitrogens with zero attached hydrogens (tertiary/aromatic N) is 3. The summed E-state index contributed by atoms with van der Waals surface area (Å²) in [6.45, 7) is 5.99. The van der Waals surface area contributed by atoms with Crippen molar-refractivity contribution in [3.05, 3.63) is 18.0 Å². The third-order valence-corrected chi connectivity index (χ3v) is 6.07. The molecular weight excluding hydrogens is 264 g/mol. The van der Waals surface area contributed by atoms with Crippen LogP contribution in [0.1, 0.15) is 18.9 Å². The zero-order valence-electron chi connectivity index (χ0n) is 11.2. The maximum Gasteiger partial charge on any atom is 0.213 e. The van der Waals surface area contributed by atoms with E-state index in [1.54, 1.807) is 11.2 Å². The van der Waals surface area contributed by atoms with E-state index in [1.165, 1.54) is 5.56 Å². The first kappa shape index (κ1) is 13.1. The van der Waals surface area contributed by atoms with E-state index in [0.717, 1.165) is 26.1 Å². The maximum atomic E-state index is 11.9. The monoisotopic (exact) mass is 284 g/mol. The number of hydrogen-bond donors (Lipinski definition) is 1. The van der Waals surface area contributed by atoms with Crippen LogP contribution >= 0.6 is 0 Å². The van der Waals surface area contributed by atoms with Gasteiger partial charge in [0.15, 0.2) is 0 Å². The van der Waals surface area contributed by atoms with Crippen molar-refractivity contribution in [1.82, 2.24) is 19.4 Å². The van der Waals surface area contributed by atoms with Crippen LogP contribution in [0.25, 0.3) is 0 Å². The van der Waals surface area contributed by atoms with Crippen LogP contribution in [0.5, 0.6) is 0 Å². The molecular formula is C12H20N4O2S. The van der Waals surface area contributed by atoms with E-state index in [9.17, 15) is 8.42 Å². The number of nitrogens with one attached hydrogen (secondary N) is 1. The Balaban J connectivity index is 1.56. The van der Waals surface area contributed by atoms with Gasteiger partial charge in [-0.2, -0.15) is 5.10 Å². The highest BCUT2D eigenvalue weighted by Gasteiger charge is 2.49. The lowest BCUT2D eigenvalue weighted by molar-refractivity contribution is 0.00653. The molecule has 0 aromatic carbocycles. The van der Waals surface area contributed by atoms with Crippen LogP contribution in [0.3, 0.4) is 0 Å². The molecule has 1 N–H and O–H groups in total. The fraction of sp³-hybridized carbons (Fsp3) is 0.750. The Morgan fingerprint density at radius 1 is 1.42 bits per heavy atom. The van der Waals surface area contributed by atoms with Crippen LogP contribution in [0.4, 0.5) is 0 Å². The molecule has 19 heavy (non-hydrogen) atoms. The molecule has 0 amide bonds. The summed E-state index contributed by atoms with van der Waals surface area (Å²) < 4.78 is 25.4. The lowest BCUT2D eigenvalue weighted by atomic mass is 9.79. The van der Waals surface area contributed by atoms with Crippen molar-refractivity contribution in [1.29, 1.82) is 0 Å².